The normalized spacial score (nSPS) is 24.2. The summed E-state index contributed by atoms with van der Waals surface area (Å²) in [5.41, 5.74) is 2.07. The zero-order chi connectivity index (χ0) is 11.5. The van der Waals surface area contributed by atoms with Crippen molar-refractivity contribution in [2.24, 2.45) is 0 Å². The molecule has 1 aromatic carbocycles. The monoisotopic (exact) mass is 221 g/mol. The Labute approximate surface area is 97.1 Å². The van der Waals surface area contributed by atoms with Crippen molar-refractivity contribution < 1.29 is 4.39 Å². The Hall–Kier alpha value is -0.890. The Kier molecular flexibility index (Phi) is 3.59. The SMILES string of the molecule is CCCNC1CC(c2ccc(F)c(C)c2)C1. The van der Waals surface area contributed by atoms with Crippen molar-refractivity contribution in [2.45, 2.75) is 45.1 Å². The van der Waals surface area contributed by atoms with Crippen LogP contribution in [0.25, 0.3) is 0 Å². The van der Waals surface area contributed by atoms with Gasteiger partial charge in [0.15, 0.2) is 0 Å². The lowest BCUT2D eigenvalue weighted by molar-refractivity contribution is 0.291. The summed E-state index contributed by atoms with van der Waals surface area (Å²) in [5, 5.41) is 3.52. The minimum absolute atomic E-state index is 0.0938. The van der Waals surface area contributed by atoms with Crippen LogP contribution in [0.4, 0.5) is 4.39 Å². The van der Waals surface area contributed by atoms with Gasteiger partial charge in [0.05, 0.1) is 0 Å². The molecular weight excluding hydrogens is 201 g/mol. The van der Waals surface area contributed by atoms with E-state index in [2.05, 4.69) is 12.2 Å². The summed E-state index contributed by atoms with van der Waals surface area (Å²) in [6.07, 6.45) is 3.59. The third kappa shape index (κ3) is 2.43. The van der Waals surface area contributed by atoms with Crippen molar-refractivity contribution >= 4 is 0 Å². The van der Waals surface area contributed by atoms with Gasteiger partial charge in [0.1, 0.15) is 5.82 Å². The molecule has 1 fully saturated rings. The second-order valence-corrected chi connectivity index (χ2v) is 4.83. The van der Waals surface area contributed by atoms with Crippen LogP contribution in [0.15, 0.2) is 18.2 Å². The first-order valence-electron chi connectivity index (χ1n) is 6.20. The molecule has 88 valence electrons. The Morgan fingerprint density at radius 2 is 2.12 bits per heavy atom. The van der Waals surface area contributed by atoms with Gasteiger partial charge in [-0.3, -0.25) is 0 Å². The Morgan fingerprint density at radius 1 is 1.38 bits per heavy atom. The van der Waals surface area contributed by atoms with E-state index in [1.165, 1.54) is 24.8 Å². The second kappa shape index (κ2) is 4.96. The predicted octanol–water partition coefficient (Wildman–Crippen LogP) is 3.38. The van der Waals surface area contributed by atoms with Crippen LogP contribution >= 0.6 is 0 Å². The summed E-state index contributed by atoms with van der Waals surface area (Å²) in [5.74, 6) is 0.539. The maximum Gasteiger partial charge on any atom is 0.126 e. The van der Waals surface area contributed by atoms with E-state index in [0.29, 0.717) is 12.0 Å². The van der Waals surface area contributed by atoms with Crippen LogP contribution < -0.4 is 5.32 Å². The van der Waals surface area contributed by atoms with E-state index in [0.717, 1.165) is 12.1 Å². The molecule has 1 saturated carbocycles. The molecule has 0 aromatic heterocycles. The lowest BCUT2D eigenvalue weighted by Crippen LogP contribution is -2.40. The number of benzene rings is 1. The molecule has 0 unspecified atom stereocenters. The smallest absolute Gasteiger partial charge is 0.126 e. The quantitative estimate of drug-likeness (QED) is 0.822. The highest BCUT2D eigenvalue weighted by atomic mass is 19.1. The molecule has 0 aliphatic heterocycles. The molecule has 0 heterocycles. The summed E-state index contributed by atoms with van der Waals surface area (Å²) in [6, 6.07) is 6.20. The van der Waals surface area contributed by atoms with Crippen LogP contribution in [0.2, 0.25) is 0 Å². The van der Waals surface area contributed by atoms with Gasteiger partial charge in [0, 0.05) is 6.04 Å². The van der Waals surface area contributed by atoms with Crippen molar-refractivity contribution in [1.29, 1.82) is 0 Å². The van der Waals surface area contributed by atoms with E-state index in [9.17, 15) is 4.39 Å². The fourth-order valence-electron chi connectivity index (χ4n) is 2.33. The summed E-state index contributed by atoms with van der Waals surface area (Å²) >= 11 is 0. The number of hydrogen-bond donors (Lipinski definition) is 1. The zero-order valence-corrected chi connectivity index (χ0v) is 10.1. The van der Waals surface area contributed by atoms with Crippen molar-refractivity contribution in [2.75, 3.05) is 6.54 Å². The van der Waals surface area contributed by atoms with E-state index in [1.807, 2.05) is 19.1 Å². The minimum Gasteiger partial charge on any atom is -0.314 e. The first kappa shape index (κ1) is 11.6. The third-order valence-electron chi connectivity index (χ3n) is 3.47. The number of nitrogens with one attached hydrogen (secondary N) is 1. The van der Waals surface area contributed by atoms with E-state index >= 15 is 0 Å². The third-order valence-corrected chi connectivity index (χ3v) is 3.47. The van der Waals surface area contributed by atoms with Crippen molar-refractivity contribution in [1.82, 2.24) is 5.32 Å². The topological polar surface area (TPSA) is 12.0 Å². The Bertz CT molecular complexity index is 356. The van der Waals surface area contributed by atoms with E-state index in [1.54, 1.807) is 6.07 Å². The largest absolute Gasteiger partial charge is 0.314 e. The van der Waals surface area contributed by atoms with Gasteiger partial charge in [-0.2, -0.15) is 0 Å². The Balaban J connectivity index is 1.89. The number of aryl methyl sites for hydroxylation is 1. The average Bonchev–Trinajstić information content (AvgIpc) is 2.21. The van der Waals surface area contributed by atoms with Gasteiger partial charge < -0.3 is 5.32 Å². The number of hydrogen-bond acceptors (Lipinski definition) is 1. The standard InChI is InChI=1S/C14H20FN/c1-3-6-16-13-8-12(9-13)11-4-5-14(15)10(2)7-11/h4-5,7,12-13,16H,3,6,8-9H2,1-2H3. The van der Waals surface area contributed by atoms with Crippen molar-refractivity contribution in [3.63, 3.8) is 0 Å². The molecule has 1 N–H and O–H groups in total. The molecular formula is C14H20FN. The molecule has 0 radical (unpaired) electrons. The van der Waals surface area contributed by atoms with Crippen LogP contribution in [0.5, 0.6) is 0 Å². The molecule has 0 saturated heterocycles. The molecule has 1 aliphatic carbocycles. The van der Waals surface area contributed by atoms with Gasteiger partial charge >= 0.3 is 0 Å². The molecule has 1 aromatic rings. The van der Waals surface area contributed by atoms with Gasteiger partial charge in [0.25, 0.3) is 0 Å². The molecule has 1 aliphatic rings. The fraction of sp³-hybridized carbons (Fsp3) is 0.571. The van der Waals surface area contributed by atoms with Crippen LogP contribution in [0.1, 0.15) is 43.2 Å². The summed E-state index contributed by atoms with van der Waals surface area (Å²) in [7, 11) is 0. The van der Waals surface area contributed by atoms with Crippen LogP contribution in [0, 0.1) is 12.7 Å². The Morgan fingerprint density at radius 3 is 2.75 bits per heavy atom. The molecule has 16 heavy (non-hydrogen) atoms. The zero-order valence-electron chi connectivity index (χ0n) is 10.1. The van der Waals surface area contributed by atoms with Crippen LogP contribution in [-0.2, 0) is 0 Å². The molecule has 0 spiro atoms. The van der Waals surface area contributed by atoms with Crippen LogP contribution in [-0.4, -0.2) is 12.6 Å². The second-order valence-electron chi connectivity index (χ2n) is 4.83. The van der Waals surface area contributed by atoms with E-state index < -0.39 is 0 Å². The van der Waals surface area contributed by atoms with Crippen molar-refractivity contribution in [3.05, 3.63) is 35.1 Å². The fourth-order valence-corrected chi connectivity index (χ4v) is 2.33. The minimum atomic E-state index is -0.0938. The molecule has 2 rings (SSSR count). The highest BCUT2D eigenvalue weighted by Gasteiger charge is 2.29. The summed E-state index contributed by atoms with van der Waals surface area (Å²) < 4.78 is 13.1. The molecule has 2 heteroatoms. The van der Waals surface area contributed by atoms with Crippen molar-refractivity contribution in [3.8, 4) is 0 Å². The van der Waals surface area contributed by atoms with E-state index in [-0.39, 0.29) is 5.82 Å². The highest BCUT2D eigenvalue weighted by molar-refractivity contribution is 5.28. The molecule has 0 amide bonds. The lowest BCUT2D eigenvalue weighted by atomic mass is 9.75. The van der Waals surface area contributed by atoms with E-state index in [4.69, 9.17) is 0 Å². The van der Waals surface area contributed by atoms with Gasteiger partial charge in [-0.15, -0.1) is 0 Å². The summed E-state index contributed by atoms with van der Waals surface area (Å²) in [6.45, 7) is 5.14. The first-order valence-corrected chi connectivity index (χ1v) is 6.20. The van der Waals surface area contributed by atoms with Gasteiger partial charge in [-0.25, -0.2) is 4.39 Å². The maximum absolute atomic E-state index is 13.1. The van der Waals surface area contributed by atoms with Gasteiger partial charge in [-0.1, -0.05) is 19.1 Å². The predicted molar refractivity (Wildman–Crippen MR) is 65.2 cm³/mol. The maximum atomic E-state index is 13.1. The molecule has 0 bridgehead atoms. The lowest BCUT2D eigenvalue weighted by Gasteiger charge is -2.36. The average molecular weight is 221 g/mol. The van der Waals surface area contributed by atoms with Crippen LogP contribution in [0.3, 0.4) is 0 Å². The van der Waals surface area contributed by atoms with Gasteiger partial charge in [0.2, 0.25) is 0 Å². The molecule has 0 atom stereocenters. The molecule has 1 nitrogen and oxygen atoms in total. The summed E-state index contributed by atoms with van der Waals surface area (Å²) in [4.78, 5) is 0. The first-order chi connectivity index (χ1) is 7.70. The van der Waals surface area contributed by atoms with Gasteiger partial charge in [-0.05, 0) is 55.8 Å². The number of halogens is 1. The highest BCUT2D eigenvalue weighted by Crippen LogP contribution is 2.37. The number of rotatable bonds is 4.